The Labute approximate surface area is 89.8 Å². The molecule has 1 aromatic rings. The highest BCUT2D eigenvalue weighted by Crippen LogP contribution is 2.14. The standard InChI is InChI=1S/C10H13ClO2S/c1-8(2)14(12,13)7-9-3-5-10(11)6-4-9/h3-6,8H,7H2,1-2H3. The van der Waals surface area contributed by atoms with Crippen LogP contribution in [0.4, 0.5) is 0 Å². The maximum Gasteiger partial charge on any atom is 0.156 e. The Morgan fingerprint density at radius 3 is 2.14 bits per heavy atom. The Morgan fingerprint density at radius 2 is 1.71 bits per heavy atom. The monoisotopic (exact) mass is 232 g/mol. The molecule has 0 radical (unpaired) electrons. The van der Waals surface area contributed by atoms with Crippen LogP contribution in [-0.4, -0.2) is 13.7 Å². The third kappa shape index (κ3) is 3.00. The van der Waals surface area contributed by atoms with Crippen molar-refractivity contribution in [2.45, 2.75) is 24.9 Å². The summed E-state index contributed by atoms with van der Waals surface area (Å²) in [5.74, 6) is 0.0852. The van der Waals surface area contributed by atoms with Gasteiger partial charge in [-0.05, 0) is 31.5 Å². The summed E-state index contributed by atoms with van der Waals surface area (Å²) in [7, 11) is -3.01. The lowest BCUT2D eigenvalue weighted by molar-refractivity contribution is 0.586. The molecule has 0 N–H and O–H groups in total. The quantitative estimate of drug-likeness (QED) is 0.803. The highest BCUT2D eigenvalue weighted by atomic mass is 35.5. The van der Waals surface area contributed by atoms with Gasteiger partial charge in [0.1, 0.15) is 0 Å². The van der Waals surface area contributed by atoms with Crippen LogP contribution in [0, 0.1) is 0 Å². The zero-order valence-electron chi connectivity index (χ0n) is 8.20. The molecule has 0 aliphatic rings. The van der Waals surface area contributed by atoms with E-state index in [1.165, 1.54) is 0 Å². The summed E-state index contributed by atoms with van der Waals surface area (Å²) < 4.78 is 23.1. The lowest BCUT2D eigenvalue weighted by Gasteiger charge is -2.07. The first-order valence-corrected chi connectivity index (χ1v) is 6.47. The first kappa shape index (κ1) is 11.5. The van der Waals surface area contributed by atoms with E-state index >= 15 is 0 Å². The van der Waals surface area contributed by atoms with E-state index in [0.717, 1.165) is 5.56 Å². The smallest absolute Gasteiger partial charge is 0.156 e. The normalized spacial score (nSPS) is 12.0. The van der Waals surface area contributed by atoms with E-state index in [0.29, 0.717) is 5.02 Å². The number of hydrogen-bond acceptors (Lipinski definition) is 2. The molecule has 0 unspecified atom stereocenters. The molecule has 0 atom stereocenters. The van der Waals surface area contributed by atoms with E-state index in [1.807, 2.05) is 0 Å². The molecule has 1 aromatic carbocycles. The van der Waals surface area contributed by atoms with Crippen molar-refractivity contribution in [3.05, 3.63) is 34.9 Å². The van der Waals surface area contributed by atoms with E-state index in [9.17, 15) is 8.42 Å². The fraction of sp³-hybridized carbons (Fsp3) is 0.400. The van der Waals surface area contributed by atoms with Crippen LogP contribution in [0.5, 0.6) is 0 Å². The molecule has 0 fully saturated rings. The van der Waals surface area contributed by atoms with Gasteiger partial charge in [0.05, 0.1) is 11.0 Å². The predicted octanol–water partition coefficient (Wildman–Crippen LogP) is 2.66. The van der Waals surface area contributed by atoms with Crippen molar-refractivity contribution in [1.29, 1.82) is 0 Å². The number of rotatable bonds is 3. The van der Waals surface area contributed by atoms with E-state index in [1.54, 1.807) is 38.1 Å². The largest absolute Gasteiger partial charge is 0.228 e. The number of benzene rings is 1. The van der Waals surface area contributed by atoms with Crippen molar-refractivity contribution in [1.82, 2.24) is 0 Å². The summed E-state index contributed by atoms with van der Waals surface area (Å²) in [6.07, 6.45) is 0. The van der Waals surface area contributed by atoms with Gasteiger partial charge in [0.2, 0.25) is 0 Å². The molecule has 78 valence electrons. The van der Waals surface area contributed by atoms with Crippen LogP contribution in [0.1, 0.15) is 19.4 Å². The summed E-state index contributed by atoms with van der Waals surface area (Å²) in [4.78, 5) is 0. The van der Waals surface area contributed by atoms with Gasteiger partial charge in [-0.15, -0.1) is 0 Å². The maximum atomic E-state index is 11.6. The van der Waals surface area contributed by atoms with Crippen LogP contribution in [-0.2, 0) is 15.6 Å². The number of sulfone groups is 1. The first-order valence-electron chi connectivity index (χ1n) is 4.38. The molecule has 0 bridgehead atoms. The van der Waals surface area contributed by atoms with Crippen molar-refractivity contribution < 1.29 is 8.42 Å². The zero-order chi connectivity index (χ0) is 10.8. The van der Waals surface area contributed by atoms with Gasteiger partial charge >= 0.3 is 0 Å². The molecule has 0 amide bonds. The molecule has 0 saturated heterocycles. The second-order valence-electron chi connectivity index (χ2n) is 3.48. The lowest BCUT2D eigenvalue weighted by Crippen LogP contribution is -2.15. The van der Waals surface area contributed by atoms with Gasteiger partial charge in [-0.1, -0.05) is 23.7 Å². The third-order valence-electron chi connectivity index (χ3n) is 2.00. The molecule has 0 heterocycles. The van der Waals surface area contributed by atoms with Gasteiger partial charge < -0.3 is 0 Å². The van der Waals surface area contributed by atoms with E-state index in [-0.39, 0.29) is 11.0 Å². The molecular weight excluding hydrogens is 220 g/mol. The van der Waals surface area contributed by atoms with Crippen molar-refractivity contribution in [3.63, 3.8) is 0 Å². The van der Waals surface area contributed by atoms with Gasteiger partial charge in [0.15, 0.2) is 9.84 Å². The fourth-order valence-corrected chi connectivity index (χ4v) is 2.10. The Bertz CT molecular complexity index is 393. The van der Waals surface area contributed by atoms with Crippen molar-refractivity contribution in [2.75, 3.05) is 0 Å². The van der Waals surface area contributed by atoms with Gasteiger partial charge in [0, 0.05) is 5.02 Å². The molecule has 4 heteroatoms. The Balaban J connectivity index is 2.85. The van der Waals surface area contributed by atoms with E-state index < -0.39 is 9.84 Å². The van der Waals surface area contributed by atoms with Crippen LogP contribution in [0.15, 0.2) is 24.3 Å². The van der Waals surface area contributed by atoms with Gasteiger partial charge in [-0.25, -0.2) is 8.42 Å². The second-order valence-corrected chi connectivity index (χ2v) is 6.48. The first-order chi connectivity index (χ1) is 6.42. The van der Waals surface area contributed by atoms with Crippen LogP contribution >= 0.6 is 11.6 Å². The lowest BCUT2D eigenvalue weighted by atomic mass is 10.2. The molecule has 14 heavy (non-hydrogen) atoms. The van der Waals surface area contributed by atoms with Crippen molar-refractivity contribution in [2.24, 2.45) is 0 Å². The van der Waals surface area contributed by atoms with Gasteiger partial charge in [-0.3, -0.25) is 0 Å². The summed E-state index contributed by atoms with van der Waals surface area (Å²) in [5.41, 5.74) is 0.781. The average molecular weight is 233 g/mol. The minimum Gasteiger partial charge on any atom is -0.228 e. The number of halogens is 1. The molecule has 0 spiro atoms. The van der Waals surface area contributed by atoms with Crippen LogP contribution in [0.2, 0.25) is 5.02 Å². The zero-order valence-corrected chi connectivity index (χ0v) is 9.77. The summed E-state index contributed by atoms with van der Waals surface area (Å²) in [6, 6.07) is 6.88. The van der Waals surface area contributed by atoms with Crippen molar-refractivity contribution >= 4 is 21.4 Å². The van der Waals surface area contributed by atoms with Crippen LogP contribution in [0.3, 0.4) is 0 Å². The summed E-state index contributed by atoms with van der Waals surface area (Å²) in [5, 5.41) is 0.286. The van der Waals surface area contributed by atoms with Gasteiger partial charge in [-0.2, -0.15) is 0 Å². The van der Waals surface area contributed by atoms with Crippen LogP contribution in [0.25, 0.3) is 0 Å². The topological polar surface area (TPSA) is 34.1 Å². The Kier molecular flexibility index (Phi) is 3.56. The molecule has 2 nitrogen and oxygen atoms in total. The second kappa shape index (κ2) is 4.32. The summed E-state index contributed by atoms with van der Waals surface area (Å²) >= 11 is 5.70. The average Bonchev–Trinajstić information content (AvgIpc) is 2.08. The summed E-state index contributed by atoms with van der Waals surface area (Å²) in [6.45, 7) is 3.37. The Hall–Kier alpha value is -0.540. The SMILES string of the molecule is CC(C)S(=O)(=O)Cc1ccc(Cl)cc1. The molecule has 0 aromatic heterocycles. The van der Waals surface area contributed by atoms with E-state index in [2.05, 4.69) is 0 Å². The molecular formula is C10H13ClO2S. The predicted molar refractivity (Wildman–Crippen MR) is 59.2 cm³/mol. The highest BCUT2D eigenvalue weighted by Gasteiger charge is 2.16. The molecule has 0 aliphatic carbocycles. The van der Waals surface area contributed by atoms with Gasteiger partial charge in [0.25, 0.3) is 0 Å². The maximum absolute atomic E-state index is 11.6. The van der Waals surface area contributed by atoms with Crippen LogP contribution < -0.4 is 0 Å². The molecule has 0 saturated carbocycles. The number of hydrogen-bond donors (Lipinski definition) is 0. The fourth-order valence-electron chi connectivity index (χ4n) is 0.980. The Morgan fingerprint density at radius 1 is 1.21 bits per heavy atom. The third-order valence-corrected chi connectivity index (χ3v) is 4.42. The molecule has 1 rings (SSSR count). The minimum absolute atomic E-state index is 0.0852. The highest BCUT2D eigenvalue weighted by molar-refractivity contribution is 7.91. The van der Waals surface area contributed by atoms with Crippen molar-refractivity contribution in [3.8, 4) is 0 Å². The van der Waals surface area contributed by atoms with E-state index in [4.69, 9.17) is 11.6 Å². The molecule has 0 aliphatic heterocycles. The minimum atomic E-state index is -3.01.